The van der Waals surface area contributed by atoms with Gasteiger partial charge in [-0.15, -0.1) is 0 Å². The number of nitriles is 1. The van der Waals surface area contributed by atoms with Gasteiger partial charge in [0, 0.05) is 12.8 Å². The molecule has 3 heteroatoms. The highest BCUT2D eigenvalue weighted by Gasteiger charge is 2.28. The van der Waals surface area contributed by atoms with Gasteiger partial charge in [0.2, 0.25) is 0 Å². The molecule has 3 nitrogen and oxygen atoms in total. The third-order valence-electron chi connectivity index (χ3n) is 5.69. The highest BCUT2D eigenvalue weighted by molar-refractivity contribution is 5.78. The molecule has 2 fully saturated rings. The summed E-state index contributed by atoms with van der Waals surface area (Å²) in [4.78, 5) is 11.8. The van der Waals surface area contributed by atoms with Crippen molar-refractivity contribution in [2.24, 2.45) is 17.8 Å². The fourth-order valence-corrected chi connectivity index (χ4v) is 4.41. The van der Waals surface area contributed by atoms with Gasteiger partial charge in [-0.3, -0.25) is 4.79 Å². The summed E-state index contributed by atoms with van der Waals surface area (Å²) in [5, 5.41) is 8.57. The van der Waals surface area contributed by atoms with Gasteiger partial charge in [-0.1, -0.05) is 19.8 Å². The molecular weight excluding hydrogens is 274 g/mol. The van der Waals surface area contributed by atoms with Gasteiger partial charge in [0.15, 0.2) is 0 Å². The minimum atomic E-state index is 0.182. The summed E-state index contributed by atoms with van der Waals surface area (Å²) in [6, 6.07) is 0. The molecule has 0 spiro atoms. The van der Waals surface area contributed by atoms with E-state index >= 15 is 0 Å². The lowest BCUT2D eigenvalue weighted by Gasteiger charge is -2.33. The second-order valence-corrected chi connectivity index (χ2v) is 7.47. The van der Waals surface area contributed by atoms with Crippen LogP contribution in [0, 0.1) is 29.3 Å². The van der Waals surface area contributed by atoms with Crippen LogP contribution >= 0.6 is 0 Å². The van der Waals surface area contributed by atoms with Crippen molar-refractivity contribution < 1.29 is 9.53 Å². The van der Waals surface area contributed by atoms with E-state index in [0.717, 1.165) is 43.9 Å². The quantitative estimate of drug-likeness (QED) is 0.622. The number of Topliss-reactive ketones (excluding diaryl/α,β-unsaturated/α-hetero) is 1. The minimum Gasteiger partial charge on any atom is -0.424 e. The van der Waals surface area contributed by atoms with Crippen molar-refractivity contribution in [2.45, 2.75) is 90.1 Å². The molecule has 22 heavy (non-hydrogen) atoms. The molecule has 2 aliphatic rings. The number of carbonyl (C=O) groups excluding carboxylic acids is 1. The zero-order valence-corrected chi connectivity index (χ0v) is 14.1. The zero-order valence-electron chi connectivity index (χ0n) is 14.1. The maximum atomic E-state index is 11.8. The lowest BCUT2D eigenvalue weighted by atomic mass is 9.73. The van der Waals surface area contributed by atoms with Crippen molar-refractivity contribution in [3.05, 3.63) is 0 Å². The van der Waals surface area contributed by atoms with Gasteiger partial charge >= 0.3 is 0 Å². The number of ether oxygens (including phenoxy) is 1. The van der Waals surface area contributed by atoms with Gasteiger partial charge in [0.05, 0.1) is 0 Å². The summed E-state index contributed by atoms with van der Waals surface area (Å²) in [6.07, 6.45) is 15.7. The predicted octanol–water partition coefficient (Wildman–Crippen LogP) is 5.00. The Balaban J connectivity index is 1.62. The topological polar surface area (TPSA) is 50.1 Å². The van der Waals surface area contributed by atoms with Crippen molar-refractivity contribution in [3.8, 4) is 6.26 Å². The molecule has 2 rings (SSSR count). The molecule has 0 heterocycles. The first-order valence-electron chi connectivity index (χ1n) is 9.27. The maximum Gasteiger partial charge on any atom is 0.286 e. The summed E-state index contributed by atoms with van der Waals surface area (Å²) in [5.41, 5.74) is 0. The molecule has 0 atom stereocenters. The Morgan fingerprint density at radius 3 is 2.09 bits per heavy atom. The molecule has 0 radical (unpaired) electrons. The molecule has 0 N–H and O–H groups in total. The van der Waals surface area contributed by atoms with Crippen LogP contribution in [0.25, 0.3) is 0 Å². The van der Waals surface area contributed by atoms with E-state index in [9.17, 15) is 4.79 Å². The summed E-state index contributed by atoms with van der Waals surface area (Å²) in [5.74, 6) is 2.84. The second kappa shape index (κ2) is 9.18. The molecular formula is C19H31NO2. The molecule has 0 aromatic heterocycles. The van der Waals surface area contributed by atoms with E-state index in [1.165, 1.54) is 44.9 Å². The molecule has 0 aromatic rings. The SMILES string of the molecule is CCCC(=O)CC1CCC(CC2CCC(OC#N)CC2)CC1. The molecule has 124 valence electrons. The Morgan fingerprint density at radius 2 is 1.55 bits per heavy atom. The van der Waals surface area contributed by atoms with Gasteiger partial charge < -0.3 is 4.74 Å². The lowest BCUT2D eigenvalue weighted by molar-refractivity contribution is -0.120. The Morgan fingerprint density at radius 1 is 1.00 bits per heavy atom. The Hall–Kier alpha value is -1.04. The van der Waals surface area contributed by atoms with Crippen molar-refractivity contribution in [2.75, 3.05) is 0 Å². The van der Waals surface area contributed by atoms with E-state index in [2.05, 4.69) is 6.92 Å². The molecule has 2 saturated carbocycles. The molecule has 0 aromatic carbocycles. The van der Waals surface area contributed by atoms with Crippen LogP contribution in [0.1, 0.15) is 84.0 Å². The van der Waals surface area contributed by atoms with Crippen molar-refractivity contribution in [1.82, 2.24) is 0 Å². The average Bonchev–Trinajstić information content (AvgIpc) is 2.52. The molecule has 0 aliphatic heterocycles. The molecule has 0 amide bonds. The van der Waals surface area contributed by atoms with Crippen molar-refractivity contribution in [3.63, 3.8) is 0 Å². The third kappa shape index (κ3) is 5.63. The zero-order chi connectivity index (χ0) is 15.8. The fourth-order valence-electron chi connectivity index (χ4n) is 4.41. The number of carbonyl (C=O) groups is 1. The maximum absolute atomic E-state index is 11.8. The van der Waals surface area contributed by atoms with Crippen LogP contribution < -0.4 is 0 Å². The normalized spacial score (nSPS) is 32.2. The standard InChI is InChI=1S/C19H31NO2/c1-2-3-18(21)13-17-6-4-15(5-7-17)12-16-8-10-19(11-9-16)22-14-20/h15-17,19H,2-13H2,1H3. The van der Waals surface area contributed by atoms with Crippen LogP contribution in [0.5, 0.6) is 0 Å². The first-order valence-corrected chi connectivity index (χ1v) is 9.27. The first kappa shape index (κ1) is 17.3. The summed E-state index contributed by atoms with van der Waals surface area (Å²) in [6.45, 7) is 2.09. The van der Waals surface area contributed by atoms with E-state index in [1.807, 2.05) is 6.26 Å². The highest BCUT2D eigenvalue weighted by atomic mass is 16.5. The van der Waals surface area contributed by atoms with Gasteiger partial charge in [-0.2, -0.15) is 5.26 Å². The molecule has 2 aliphatic carbocycles. The van der Waals surface area contributed by atoms with Gasteiger partial charge in [0.1, 0.15) is 11.9 Å². The van der Waals surface area contributed by atoms with Crippen LogP contribution in [-0.2, 0) is 9.53 Å². The van der Waals surface area contributed by atoms with E-state index in [-0.39, 0.29) is 6.10 Å². The number of hydrogen-bond acceptors (Lipinski definition) is 3. The van der Waals surface area contributed by atoms with E-state index in [0.29, 0.717) is 11.7 Å². The van der Waals surface area contributed by atoms with Crippen LogP contribution in [0.15, 0.2) is 0 Å². The van der Waals surface area contributed by atoms with Crippen LogP contribution in [-0.4, -0.2) is 11.9 Å². The van der Waals surface area contributed by atoms with Crippen LogP contribution in [0.3, 0.4) is 0 Å². The van der Waals surface area contributed by atoms with Gasteiger partial charge in [0.25, 0.3) is 6.26 Å². The summed E-state index contributed by atoms with van der Waals surface area (Å²) < 4.78 is 5.07. The lowest BCUT2D eigenvalue weighted by Crippen LogP contribution is -2.24. The predicted molar refractivity (Wildman–Crippen MR) is 87.0 cm³/mol. The molecule has 0 unspecified atom stereocenters. The first-order chi connectivity index (χ1) is 10.7. The molecule has 0 bridgehead atoms. The summed E-state index contributed by atoms with van der Waals surface area (Å²) >= 11 is 0. The van der Waals surface area contributed by atoms with E-state index in [1.54, 1.807) is 0 Å². The number of hydrogen-bond donors (Lipinski definition) is 0. The van der Waals surface area contributed by atoms with Crippen LogP contribution in [0.2, 0.25) is 0 Å². The summed E-state index contributed by atoms with van der Waals surface area (Å²) in [7, 11) is 0. The van der Waals surface area contributed by atoms with Crippen molar-refractivity contribution in [1.29, 1.82) is 5.26 Å². The van der Waals surface area contributed by atoms with Crippen molar-refractivity contribution >= 4 is 5.78 Å². The smallest absolute Gasteiger partial charge is 0.286 e. The Labute approximate surface area is 135 Å². The number of ketones is 1. The highest BCUT2D eigenvalue weighted by Crippen LogP contribution is 2.38. The average molecular weight is 305 g/mol. The fraction of sp³-hybridized carbons (Fsp3) is 0.895. The second-order valence-electron chi connectivity index (χ2n) is 7.47. The van der Waals surface area contributed by atoms with E-state index in [4.69, 9.17) is 10.00 Å². The monoisotopic (exact) mass is 305 g/mol. The Kier molecular flexibility index (Phi) is 7.22. The number of rotatable bonds is 7. The third-order valence-corrected chi connectivity index (χ3v) is 5.69. The largest absolute Gasteiger partial charge is 0.424 e. The number of nitrogens with zero attached hydrogens (tertiary/aromatic N) is 1. The Bertz CT molecular complexity index is 371. The van der Waals surface area contributed by atoms with Crippen LogP contribution in [0.4, 0.5) is 0 Å². The van der Waals surface area contributed by atoms with Gasteiger partial charge in [-0.05, 0) is 69.1 Å². The minimum absolute atomic E-state index is 0.182. The molecule has 0 saturated heterocycles. The van der Waals surface area contributed by atoms with E-state index < -0.39 is 0 Å². The van der Waals surface area contributed by atoms with Gasteiger partial charge in [-0.25, -0.2) is 0 Å².